The van der Waals surface area contributed by atoms with Crippen LogP contribution in [-0.4, -0.2) is 24.5 Å². The third-order valence-electron chi connectivity index (χ3n) is 5.52. The average molecular weight is 445 g/mol. The molecule has 0 spiro atoms. The summed E-state index contributed by atoms with van der Waals surface area (Å²) in [7, 11) is 5.56. The lowest BCUT2D eigenvalue weighted by Gasteiger charge is -2.23. The van der Waals surface area contributed by atoms with Gasteiger partial charge in [-0.05, 0) is 24.0 Å². The summed E-state index contributed by atoms with van der Waals surface area (Å²) in [4.78, 5) is 52.0. The van der Waals surface area contributed by atoms with Crippen molar-refractivity contribution in [2.75, 3.05) is 17.7 Å². The second kappa shape index (κ2) is 7.99. The molecular weight excluding hydrogens is 420 g/mol. The first-order valence-corrected chi connectivity index (χ1v) is 10.5. The first-order valence-electron chi connectivity index (χ1n) is 9.27. The molecule has 1 aromatic carbocycles. The van der Waals surface area contributed by atoms with E-state index in [1.165, 1.54) is 40.0 Å². The highest BCUT2D eigenvalue weighted by Gasteiger charge is 2.31. The topological polar surface area (TPSA) is 140 Å². The van der Waals surface area contributed by atoms with Gasteiger partial charge in [-0.3, -0.25) is 27.9 Å². The Morgan fingerprint density at radius 2 is 1.10 bits per heavy atom. The Morgan fingerprint density at radius 1 is 0.710 bits per heavy atom. The van der Waals surface area contributed by atoms with Gasteiger partial charge in [0.2, 0.25) is 0 Å². The second-order valence-electron chi connectivity index (χ2n) is 7.22. The van der Waals surface area contributed by atoms with Gasteiger partial charge in [-0.15, -0.1) is 11.8 Å². The van der Waals surface area contributed by atoms with Gasteiger partial charge in [0.05, 0.1) is 17.0 Å². The van der Waals surface area contributed by atoms with Crippen molar-refractivity contribution in [3.8, 4) is 0 Å². The summed E-state index contributed by atoms with van der Waals surface area (Å²) in [6, 6.07) is 7.23. The lowest BCUT2D eigenvalue weighted by atomic mass is 9.86. The van der Waals surface area contributed by atoms with Gasteiger partial charge < -0.3 is 11.5 Å². The fourth-order valence-corrected chi connectivity index (χ4v) is 4.00. The van der Waals surface area contributed by atoms with Crippen LogP contribution in [-0.2, 0) is 28.2 Å². The second-order valence-corrected chi connectivity index (χ2v) is 8.10. The first-order chi connectivity index (χ1) is 14.5. The number of aromatic nitrogens is 4. The smallest absolute Gasteiger partial charge is 0.332 e. The zero-order chi connectivity index (χ0) is 23.2. The third-order valence-corrected chi connectivity index (χ3v) is 6.26. The van der Waals surface area contributed by atoms with Crippen molar-refractivity contribution < 1.29 is 0 Å². The van der Waals surface area contributed by atoms with Gasteiger partial charge in [-0.25, -0.2) is 9.59 Å². The lowest BCUT2D eigenvalue weighted by molar-refractivity contribution is 0.654. The molecule has 164 valence electrons. The van der Waals surface area contributed by atoms with Crippen molar-refractivity contribution in [3.63, 3.8) is 0 Å². The summed E-state index contributed by atoms with van der Waals surface area (Å²) in [6.45, 7) is 0. The monoisotopic (exact) mass is 444 g/mol. The maximum absolute atomic E-state index is 13.2. The Hall–Kier alpha value is -3.47. The molecule has 0 bridgehead atoms. The molecule has 10 nitrogen and oxygen atoms in total. The van der Waals surface area contributed by atoms with Crippen molar-refractivity contribution >= 4 is 23.4 Å². The van der Waals surface area contributed by atoms with E-state index in [0.29, 0.717) is 5.56 Å². The predicted octanol–water partition coefficient (Wildman–Crippen LogP) is -0.452. The Balaban J connectivity index is 2.54. The number of benzene rings is 1. The largest absolute Gasteiger partial charge is 0.385 e. The van der Waals surface area contributed by atoms with Crippen LogP contribution in [0.5, 0.6) is 0 Å². The van der Waals surface area contributed by atoms with E-state index in [9.17, 15) is 19.2 Å². The molecule has 31 heavy (non-hydrogen) atoms. The molecule has 0 unspecified atom stereocenters. The maximum Gasteiger partial charge on any atom is 0.332 e. The van der Waals surface area contributed by atoms with E-state index in [-0.39, 0.29) is 22.8 Å². The zero-order valence-corrected chi connectivity index (χ0v) is 18.7. The van der Waals surface area contributed by atoms with E-state index in [0.717, 1.165) is 23.2 Å². The van der Waals surface area contributed by atoms with Crippen LogP contribution in [0.4, 0.5) is 11.6 Å². The molecule has 0 fully saturated rings. The summed E-state index contributed by atoms with van der Waals surface area (Å²) < 4.78 is 4.14. The van der Waals surface area contributed by atoms with E-state index in [4.69, 9.17) is 11.5 Å². The molecular formula is C20H24N6O4S. The molecule has 0 saturated carbocycles. The van der Waals surface area contributed by atoms with Crippen LogP contribution in [0.15, 0.2) is 48.3 Å². The number of nitrogens with zero attached hydrogens (tertiary/aromatic N) is 4. The van der Waals surface area contributed by atoms with Gasteiger partial charge in [-0.1, -0.05) is 12.1 Å². The van der Waals surface area contributed by atoms with Crippen molar-refractivity contribution in [2.24, 2.45) is 28.2 Å². The number of rotatable bonds is 4. The van der Waals surface area contributed by atoms with E-state index in [1.807, 2.05) is 18.4 Å². The number of hydrogen-bond acceptors (Lipinski definition) is 7. The summed E-state index contributed by atoms with van der Waals surface area (Å²) in [6.07, 6.45) is 1.92. The average Bonchev–Trinajstić information content (AvgIpc) is 2.78. The molecule has 4 N–H and O–H groups in total. The van der Waals surface area contributed by atoms with Crippen LogP contribution in [0, 0.1) is 0 Å². The number of thioether (sulfide) groups is 1. The van der Waals surface area contributed by atoms with Crippen molar-refractivity contribution in [3.05, 3.63) is 82.6 Å². The highest BCUT2D eigenvalue weighted by molar-refractivity contribution is 7.98. The number of hydrogen-bond donors (Lipinski definition) is 2. The Bertz CT molecular complexity index is 1330. The van der Waals surface area contributed by atoms with Crippen molar-refractivity contribution in [2.45, 2.75) is 10.8 Å². The molecule has 0 amide bonds. The van der Waals surface area contributed by atoms with Gasteiger partial charge in [-0.2, -0.15) is 0 Å². The molecule has 0 radical (unpaired) electrons. The number of nitrogen functional groups attached to an aromatic ring is 2. The van der Waals surface area contributed by atoms with E-state index in [2.05, 4.69) is 0 Å². The van der Waals surface area contributed by atoms with Gasteiger partial charge >= 0.3 is 11.4 Å². The summed E-state index contributed by atoms with van der Waals surface area (Å²) in [5.41, 5.74) is 10.6. The quantitative estimate of drug-likeness (QED) is 0.519. The van der Waals surface area contributed by atoms with Gasteiger partial charge in [0, 0.05) is 33.1 Å². The molecule has 0 aliphatic heterocycles. The maximum atomic E-state index is 13.2. The minimum absolute atomic E-state index is 0.0314. The Kier molecular flexibility index (Phi) is 5.72. The first kappa shape index (κ1) is 22.2. The van der Waals surface area contributed by atoms with Gasteiger partial charge in [0.1, 0.15) is 11.6 Å². The van der Waals surface area contributed by atoms with Crippen LogP contribution < -0.4 is 34.0 Å². The molecule has 0 aliphatic carbocycles. The Labute approximate surface area is 181 Å². The van der Waals surface area contributed by atoms with Crippen LogP contribution >= 0.6 is 11.8 Å². The van der Waals surface area contributed by atoms with E-state index >= 15 is 0 Å². The third kappa shape index (κ3) is 3.40. The molecule has 11 heteroatoms. The van der Waals surface area contributed by atoms with Crippen LogP contribution in [0.1, 0.15) is 22.6 Å². The normalized spacial score (nSPS) is 11.3. The summed E-state index contributed by atoms with van der Waals surface area (Å²) in [5, 5.41) is 0. The fraction of sp³-hybridized carbons (Fsp3) is 0.300. The zero-order valence-electron chi connectivity index (χ0n) is 17.9. The van der Waals surface area contributed by atoms with E-state index in [1.54, 1.807) is 12.1 Å². The minimum Gasteiger partial charge on any atom is -0.385 e. The van der Waals surface area contributed by atoms with Gasteiger partial charge in [0.25, 0.3) is 11.1 Å². The molecule has 3 rings (SSSR count). The van der Waals surface area contributed by atoms with Crippen molar-refractivity contribution in [1.29, 1.82) is 0 Å². The predicted molar refractivity (Wildman–Crippen MR) is 122 cm³/mol. The SMILES string of the molecule is CSc1ccc(C(c2c(N)n(C)c(=O)n(C)c2=O)c2c(N)n(C)c(=O)n(C)c2=O)cc1. The lowest BCUT2D eigenvalue weighted by Crippen LogP contribution is -2.44. The van der Waals surface area contributed by atoms with E-state index < -0.39 is 28.4 Å². The summed E-state index contributed by atoms with van der Waals surface area (Å²) >= 11 is 1.54. The molecule has 2 aromatic heterocycles. The molecule has 2 heterocycles. The standard InChI is InChI=1S/C20H24N6O4S/c1-23-15(21)13(17(27)25(3)19(23)29)12(10-6-8-11(31-5)9-7-10)14-16(22)24(2)20(30)26(4)18(14)28/h6-9,12H,21-22H2,1-5H3. The van der Waals surface area contributed by atoms with Crippen LogP contribution in [0.25, 0.3) is 0 Å². The number of anilines is 2. The molecule has 0 aliphatic rings. The van der Waals surface area contributed by atoms with Crippen LogP contribution in [0.2, 0.25) is 0 Å². The van der Waals surface area contributed by atoms with Gasteiger partial charge in [0.15, 0.2) is 0 Å². The molecule has 0 saturated heterocycles. The van der Waals surface area contributed by atoms with Crippen LogP contribution in [0.3, 0.4) is 0 Å². The van der Waals surface area contributed by atoms with Crippen molar-refractivity contribution in [1.82, 2.24) is 18.3 Å². The highest BCUT2D eigenvalue weighted by Crippen LogP contribution is 2.34. The highest BCUT2D eigenvalue weighted by atomic mass is 32.2. The molecule has 0 atom stereocenters. The Morgan fingerprint density at radius 3 is 1.45 bits per heavy atom. The molecule has 3 aromatic rings. The summed E-state index contributed by atoms with van der Waals surface area (Å²) in [5.74, 6) is -1.16. The number of nitrogens with two attached hydrogens (primary N) is 2. The fourth-order valence-electron chi connectivity index (χ4n) is 3.59. The minimum atomic E-state index is -0.994.